The Bertz CT molecular complexity index is 220. The topological polar surface area (TPSA) is 18.5 Å². The van der Waals surface area contributed by atoms with E-state index >= 15 is 0 Å². The zero-order valence-electron chi connectivity index (χ0n) is 13.8. The maximum atomic E-state index is 3.68. The monoisotopic (exact) mass is 269 g/mol. The third-order valence-electron chi connectivity index (χ3n) is 4.19. The molecule has 0 aromatic heterocycles. The summed E-state index contributed by atoms with van der Waals surface area (Å²) in [4.78, 5) is 5.25. The van der Waals surface area contributed by atoms with Crippen LogP contribution in [0, 0.1) is 0 Å². The van der Waals surface area contributed by atoms with Gasteiger partial charge in [-0.2, -0.15) is 0 Å². The maximum Gasteiger partial charge on any atom is 0.0195 e. The van der Waals surface area contributed by atoms with Gasteiger partial charge in [-0.05, 0) is 60.0 Å². The van der Waals surface area contributed by atoms with Crippen molar-refractivity contribution in [1.82, 2.24) is 15.1 Å². The van der Waals surface area contributed by atoms with Crippen molar-refractivity contribution in [1.29, 1.82) is 0 Å². The van der Waals surface area contributed by atoms with E-state index in [0.717, 1.165) is 6.04 Å². The summed E-state index contributed by atoms with van der Waals surface area (Å²) in [5.41, 5.74) is 0. The van der Waals surface area contributed by atoms with Crippen LogP contribution in [0.5, 0.6) is 0 Å². The highest BCUT2D eigenvalue weighted by molar-refractivity contribution is 4.79. The standard InChI is InChI=1S/C16H35N3/c1-6-9-17-16-8-7-10-18(13-16)11-12-19(14(2)3)15(4)5/h14-17H,6-13H2,1-5H3. The van der Waals surface area contributed by atoms with Crippen LogP contribution >= 0.6 is 0 Å². The Morgan fingerprint density at radius 1 is 1.21 bits per heavy atom. The van der Waals surface area contributed by atoms with E-state index in [0.29, 0.717) is 12.1 Å². The van der Waals surface area contributed by atoms with E-state index in [1.807, 2.05) is 0 Å². The van der Waals surface area contributed by atoms with Crippen LogP contribution < -0.4 is 5.32 Å². The average Bonchev–Trinajstić information content (AvgIpc) is 2.36. The lowest BCUT2D eigenvalue weighted by molar-refractivity contribution is 0.124. The van der Waals surface area contributed by atoms with E-state index in [9.17, 15) is 0 Å². The fraction of sp³-hybridized carbons (Fsp3) is 1.00. The molecule has 0 amide bonds. The van der Waals surface area contributed by atoms with Crippen LogP contribution in [0.2, 0.25) is 0 Å². The minimum absolute atomic E-state index is 0.652. The predicted molar refractivity (Wildman–Crippen MR) is 84.7 cm³/mol. The fourth-order valence-electron chi connectivity index (χ4n) is 3.14. The molecule has 3 heteroatoms. The lowest BCUT2D eigenvalue weighted by Gasteiger charge is -2.37. The molecular weight excluding hydrogens is 234 g/mol. The molecule has 0 radical (unpaired) electrons. The van der Waals surface area contributed by atoms with E-state index in [1.165, 1.54) is 52.0 Å². The normalized spacial score (nSPS) is 21.8. The Morgan fingerprint density at radius 3 is 2.47 bits per heavy atom. The Kier molecular flexibility index (Phi) is 7.96. The van der Waals surface area contributed by atoms with E-state index in [-0.39, 0.29) is 0 Å². The number of likely N-dealkylation sites (tertiary alicyclic amines) is 1. The first-order chi connectivity index (χ1) is 9.04. The summed E-state index contributed by atoms with van der Waals surface area (Å²) in [6.45, 7) is 17.6. The summed E-state index contributed by atoms with van der Waals surface area (Å²) in [6.07, 6.45) is 3.95. The number of nitrogens with zero attached hydrogens (tertiary/aromatic N) is 2. The van der Waals surface area contributed by atoms with Gasteiger partial charge in [0.05, 0.1) is 0 Å². The lowest BCUT2D eigenvalue weighted by Crippen LogP contribution is -2.49. The highest BCUT2D eigenvalue weighted by Crippen LogP contribution is 2.11. The highest BCUT2D eigenvalue weighted by atomic mass is 15.2. The van der Waals surface area contributed by atoms with Crippen LogP contribution in [0.15, 0.2) is 0 Å². The molecule has 1 saturated heterocycles. The Balaban J connectivity index is 2.31. The van der Waals surface area contributed by atoms with Gasteiger partial charge in [-0.3, -0.25) is 4.90 Å². The first-order valence-corrected chi connectivity index (χ1v) is 8.26. The molecule has 1 aliphatic rings. The molecule has 0 bridgehead atoms. The average molecular weight is 269 g/mol. The minimum Gasteiger partial charge on any atom is -0.313 e. The number of hydrogen-bond donors (Lipinski definition) is 1. The number of rotatable bonds is 8. The SMILES string of the molecule is CCCNC1CCCN(CCN(C(C)C)C(C)C)C1. The van der Waals surface area contributed by atoms with Crippen LogP contribution in [-0.2, 0) is 0 Å². The Labute approximate surface area is 120 Å². The summed E-state index contributed by atoms with van der Waals surface area (Å²) in [5.74, 6) is 0. The van der Waals surface area contributed by atoms with Gasteiger partial charge >= 0.3 is 0 Å². The van der Waals surface area contributed by atoms with E-state index in [1.54, 1.807) is 0 Å². The van der Waals surface area contributed by atoms with Crippen molar-refractivity contribution in [2.45, 2.75) is 72.0 Å². The smallest absolute Gasteiger partial charge is 0.0195 e. The first kappa shape index (κ1) is 16.9. The van der Waals surface area contributed by atoms with Gasteiger partial charge in [0.15, 0.2) is 0 Å². The van der Waals surface area contributed by atoms with E-state index < -0.39 is 0 Å². The van der Waals surface area contributed by atoms with Crippen molar-refractivity contribution < 1.29 is 0 Å². The molecule has 1 N–H and O–H groups in total. The molecule has 0 spiro atoms. The van der Waals surface area contributed by atoms with Crippen LogP contribution in [-0.4, -0.2) is 60.6 Å². The fourth-order valence-corrected chi connectivity index (χ4v) is 3.14. The van der Waals surface area contributed by atoms with Crippen LogP contribution in [0.25, 0.3) is 0 Å². The second kappa shape index (κ2) is 8.93. The lowest BCUT2D eigenvalue weighted by atomic mass is 10.1. The Morgan fingerprint density at radius 2 is 1.89 bits per heavy atom. The molecule has 3 nitrogen and oxygen atoms in total. The van der Waals surface area contributed by atoms with Crippen molar-refractivity contribution in [3.05, 3.63) is 0 Å². The van der Waals surface area contributed by atoms with Gasteiger partial charge in [0.1, 0.15) is 0 Å². The molecule has 1 atom stereocenters. The van der Waals surface area contributed by atoms with Crippen LogP contribution in [0.1, 0.15) is 53.9 Å². The molecule has 114 valence electrons. The molecule has 0 aromatic rings. The predicted octanol–water partition coefficient (Wildman–Crippen LogP) is 2.57. The van der Waals surface area contributed by atoms with Gasteiger partial charge in [0, 0.05) is 37.8 Å². The van der Waals surface area contributed by atoms with Gasteiger partial charge in [-0.1, -0.05) is 6.92 Å². The summed E-state index contributed by atoms with van der Waals surface area (Å²) in [6, 6.07) is 2.03. The van der Waals surface area contributed by atoms with Crippen molar-refractivity contribution in [2.24, 2.45) is 0 Å². The quantitative estimate of drug-likeness (QED) is 0.730. The van der Waals surface area contributed by atoms with E-state index in [2.05, 4.69) is 49.7 Å². The largest absolute Gasteiger partial charge is 0.313 e. The number of nitrogens with one attached hydrogen (secondary N) is 1. The number of hydrogen-bond acceptors (Lipinski definition) is 3. The molecule has 1 rings (SSSR count). The van der Waals surface area contributed by atoms with Gasteiger partial charge in [-0.25, -0.2) is 0 Å². The molecule has 0 aliphatic carbocycles. The second-order valence-corrected chi connectivity index (χ2v) is 6.52. The zero-order valence-corrected chi connectivity index (χ0v) is 13.8. The third kappa shape index (κ3) is 6.24. The Hall–Kier alpha value is -0.120. The minimum atomic E-state index is 0.652. The molecule has 1 fully saturated rings. The van der Waals surface area contributed by atoms with Crippen molar-refractivity contribution in [3.63, 3.8) is 0 Å². The van der Waals surface area contributed by atoms with Crippen molar-refractivity contribution in [3.8, 4) is 0 Å². The zero-order chi connectivity index (χ0) is 14.3. The molecule has 0 aromatic carbocycles. The second-order valence-electron chi connectivity index (χ2n) is 6.52. The van der Waals surface area contributed by atoms with Crippen LogP contribution in [0.4, 0.5) is 0 Å². The van der Waals surface area contributed by atoms with Gasteiger partial charge in [0.25, 0.3) is 0 Å². The molecule has 0 saturated carbocycles. The highest BCUT2D eigenvalue weighted by Gasteiger charge is 2.20. The summed E-state index contributed by atoms with van der Waals surface area (Å²) >= 11 is 0. The van der Waals surface area contributed by atoms with Crippen molar-refractivity contribution in [2.75, 3.05) is 32.7 Å². The molecule has 1 heterocycles. The number of piperidine rings is 1. The third-order valence-corrected chi connectivity index (χ3v) is 4.19. The molecular formula is C16H35N3. The van der Waals surface area contributed by atoms with Crippen molar-refractivity contribution >= 4 is 0 Å². The molecule has 1 unspecified atom stereocenters. The summed E-state index contributed by atoms with van der Waals surface area (Å²) in [7, 11) is 0. The van der Waals surface area contributed by atoms with Crippen LogP contribution in [0.3, 0.4) is 0 Å². The summed E-state index contributed by atoms with van der Waals surface area (Å²) in [5, 5.41) is 3.68. The maximum absolute atomic E-state index is 3.68. The van der Waals surface area contributed by atoms with Gasteiger partial charge in [-0.15, -0.1) is 0 Å². The molecule has 1 aliphatic heterocycles. The molecule has 19 heavy (non-hydrogen) atoms. The van der Waals surface area contributed by atoms with Gasteiger partial charge in [0.2, 0.25) is 0 Å². The van der Waals surface area contributed by atoms with Gasteiger partial charge < -0.3 is 10.2 Å². The summed E-state index contributed by atoms with van der Waals surface area (Å²) < 4.78 is 0. The van der Waals surface area contributed by atoms with E-state index in [4.69, 9.17) is 0 Å². The first-order valence-electron chi connectivity index (χ1n) is 8.26.